The third kappa shape index (κ3) is 8.05. The van der Waals surface area contributed by atoms with Gasteiger partial charge in [-0.25, -0.2) is 0 Å². The first-order valence-electron chi connectivity index (χ1n) is 5.36. The van der Waals surface area contributed by atoms with Crippen molar-refractivity contribution in [2.75, 3.05) is 27.2 Å². The lowest BCUT2D eigenvalue weighted by Crippen LogP contribution is -2.16. The van der Waals surface area contributed by atoms with Crippen LogP contribution in [0.5, 0.6) is 0 Å². The molecule has 3 nitrogen and oxygen atoms in total. The summed E-state index contributed by atoms with van der Waals surface area (Å²) in [5, 5.41) is 0. The Balaban J connectivity index is 3.37. The summed E-state index contributed by atoms with van der Waals surface area (Å²) >= 11 is 0. The predicted molar refractivity (Wildman–Crippen MR) is 58.2 cm³/mol. The topological polar surface area (TPSA) is 29.5 Å². The summed E-state index contributed by atoms with van der Waals surface area (Å²) in [7, 11) is 4.01. The highest BCUT2D eigenvalue weighted by Crippen LogP contribution is 2.02. The second-order valence-corrected chi connectivity index (χ2v) is 4.10. The van der Waals surface area contributed by atoms with Gasteiger partial charge in [0.25, 0.3) is 0 Å². The standard InChI is InChI=1S/C11H23NO2/c1-5-10(2)9-14-11(13)7-6-8-12(3)4/h10H,5-9H2,1-4H3. The van der Waals surface area contributed by atoms with Crippen molar-refractivity contribution >= 4 is 5.97 Å². The zero-order valence-corrected chi connectivity index (χ0v) is 9.88. The average Bonchev–Trinajstić information content (AvgIpc) is 2.13. The maximum Gasteiger partial charge on any atom is 0.305 e. The normalized spacial score (nSPS) is 12.9. The third-order valence-corrected chi connectivity index (χ3v) is 2.21. The van der Waals surface area contributed by atoms with Crippen molar-refractivity contribution < 1.29 is 9.53 Å². The first kappa shape index (κ1) is 13.4. The minimum absolute atomic E-state index is 0.0628. The highest BCUT2D eigenvalue weighted by molar-refractivity contribution is 5.69. The van der Waals surface area contributed by atoms with E-state index in [1.54, 1.807) is 0 Å². The molecule has 0 aromatic carbocycles. The van der Waals surface area contributed by atoms with Crippen molar-refractivity contribution in [3.8, 4) is 0 Å². The van der Waals surface area contributed by atoms with Crippen molar-refractivity contribution in [2.45, 2.75) is 33.1 Å². The van der Waals surface area contributed by atoms with E-state index in [4.69, 9.17) is 4.74 Å². The number of hydrogen-bond acceptors (Lipinski definition) is 3. The Morgan fingerprint density at radius 2 is 2.07 bits per heavy atom. The lowest BCUT2D eigenvalue weighted by Gasteiger charge is -2.11. The van der Waals surface area contributed by atoms with Crippen molar-refractivity contribution in [3.05, 3.63) is 0 Å². The fraction of sp³-hybridized carbons (Fsp3) is 0.909. The van der Waals surface area contributed by atoms with Crippen molar-refractivity contribution in [3.63, 3.8) is 0 Å². The molecule has 0 aliphatic rings. The first-order chi connectivity index (χ1) is 6.56. The van der Waals surface area contributed by atoms with E-state index in [0.717, 1.165) is 19.4 Å². The van der Waals surface area contributed by atoms with Gasteiger partial charge >= 0.3 is 5.97 Å². The summed E-state index contributed by atoms with van der Waals surface area (Å²) in [4.78, 5) is 13.3. The molecule has 0 radical (unpaired) electrons. The molecule has 0 spiro atoms. The maximum absolute atomic E-state index is 11.2. The van der Waals surface area contributed by atoms with Gasteiger partial charge in [-0.15, -0.1) is 0 Å². The molecule has 0 heterocycles. The van der Waals surface area contributed by atoms with E-state index in [1.807, 2.05) is 14.1 Å². The van der Waals surface area contributed by atoms with Gasteiger partial charge in [-0.05, 0) is 33.0 Å². The Morgan fingerprint density at radius 1 is 1.43 bits per heavy atom. The van der Waals surface area contributed by atoms with Crippen LogP contribution in [0.4, 0.5) is 0 Å². The van der Waals surface area contributed by atoms with Crippen LogP contribution in [0.2, 0.25) is 0 Å². The number of carbonyl (C=O) groups is 1. The van der Waals surface area contributed by atoms with Crippen molar-refractivity contribution in [1.82, 2.24) is 4.90 Å². The van der Waals surface area contributed by atoms with Crippen molar-refractivity contribution in [2.24, 2.45) is 5.92 Å². The Labute approximate surface area is 87.4 Å². The SMILES string of the molecule is CCC(C)COC(=O)CCCN(C)C. The van der Waals surface area contributed by atoms with Crippen LogP contribution in [-0.2, 0) is 9.53 Å². The van der Waals surface area contributed by atoms with Crippen LogP contribution in [0.25, 0.3) is 0 Å². The molecule has 1 atom stereocenters. The fourth-order valence-corrected chi connectivity index (χ4v) is 0.965. The Hall–Kier alpha value is -0.570. The first-order valence-corrected chi connectivity index (χ1v) is 5.36. The van der Waals surface area contributed by atoms with Gasteiger partial charge in [-0.1, -0.05) is 20.3 Å². The molecular weight excluding hydrogens is 178 g/mol. The summed E-state index contributed by atoms with van der Waals surface area (Å²) in [6, 6.07) is 0. The number of rotatable bonds is 7. The molecule has 0 aliphatic carbocycles. The van der Waals surface area contributed by atoms with E-state index in [9.17, 15) is 4.79 Å². The Morgan fingerprint density at radius 3 is 2.57 bits per heavy atom. The van der Waals surface area contributed by atoms with Gasteiger partial charge in [0.15, 0.2) is 0 Å². The number of esters is 1. The van der Waals surface area contributed by atoms with Crippen LogP contribution in [0.1, 0.15) is 33.1 Å². The molecule has 3 heteroatoms. The molecule has 0 saturated carbocycles. The highest BCUT2D eigenvalue weighted by atomic mass is 16.5. The van der Waals surface area contributed by atoms with E-state index in [0.29, 0.717) is 18.9 Å². The van der Waals surface area contributed by atoms with E-state index < -0.39 is 0 Å². The summed E-state index contributed by atoms with van der Waals surface area (Å²) in [6.45, 7) is 5.70. The molecule has 0 saturated heterocycles. The molecule has 1 unspecified atom stereocenters. The molecule has 0 fully saturated rings. The van der Waals surface area contributed by atoms with Gasteiger partial charge in [0.2, 0.25) is 0 Å². The van der Waals surface area contributed by atoms with E-state index in [2.05, 4.69) is 18.7 Å². The molecule has 0 amide bonds. The summed E-state index contributed by atoms with van der Waals surface area (Å²) in [5.41, 5.74) is 0. The van der Waals surface area contributed by atoms with Gasteiger partial charge in [0.1, 0.15) is 0 Å². The number of ether oxygens (including phenoxy) is 1. The molecule has 0 N–H and O–H groups in total. The van der Waals surface area contributed by atoms with E-state index in [1.165, 1.54) is 0 Å². The van der Waals surface area contributed by atoms with Crippen LogP contribution in [0.15, 0.2) is 0 Å². The monoisotopic (exact) mass is 201 g/mol. The van der Waals surface area contributed by atoms with Gasteiger partial charge in [-0.3, -0.25) is 4.79 Å². The largest absolute Gasteiger partial charge is 0.465 e. The second-order valence-electron chi connectivity index (χ2n) is 4.10. The fourth-order valence-electron chi connectivity index (χ4n) is 0.965. The molecule has 0 bridgehead atoms. The van der Waals surface area contributed by atoms with Crippen LogP contribution >= 0.6 is 0 Å². The minimum Gasteiger partial charge on any atom is -0.465 e. The van der Waals surface area contributed by atoms with Crippen LogP contribution in [0.3, 0.4) is 0 Å². The number of hydrogen-bond donors (Lipinski definition) is 0. The molecule has 84 valence electrons. The Bertz CT molecular complexity index is 157. The van der Waals surface area contributed by atoms with Gasteiger partial charge in [0, 0.05) is 6.42 Å². The average molecular weight is 201 g/mol. The summed E-state index contributed by atoms with van der Waals surface area (Å²) in [5.74, 6) is 0.417. The van der Waals surface area contributed by atoms with E-state index >= 15 is 0 Å². The van der Waals surface area contributed by atoms with Gasteiger partial charge in [0.05, 0.1) is 6.61 Å². The van der Waals surface area contributed by atoms with Gasteiger partial charge < -0.3 is 9.64 Å². The number of nitrogens with zero attached hydrogens (tertiary/aromatic N) is 1. The zero-order valence-electron chi connectivity index (χ0n) is 9.88. The number of carbonyl (C=O) groups excluding carboxylic acids is 1. The second kappa shape index (κ2) is 7.80. The highest BCUT2D eigenvalue weighted by Gasteiger charge is 2.05. The quantitative estimate of drug-likeness (QED) is 0.589. The van der Waals surface area contributed by atoms with Crippen LogP contribution < -0.4 is 0 Å². The van der Waals surface area contributed by atoms with Crippen LogP contribution in [-0.4, -0.2) is 38.1 Å². The third-order valence-electron chi connectivity index (χ3n) is 2.21. The summed E-state index contributed by atoms with van der Waals surface area (Å²) in [6.07, 6.45) is 2.48. The smallest absolute Gasteiger partial charge is 0.305 e. The summed E-state index contributed by atoms with van der Waals surface area (Å²) < 4.78 is 5.12. The lowest BCUT2D eigenvalue weighted by atomic mass is 10.1. The van der Waals surface area contributed by atoms with Crippen LogP contribution in [0, 0.1) is 5.92 Å². The minimum atomic E-state index is -0.0628. The van der Waals surface area contributed by atoms with Crippen molar-refractivity contribution in [1.29, 1.82) is 0 Å². The van der Waals surface area contributed by atoms with Gasteiger partial charge in [-0.2, -0.15) is 0 Å². The molecular formula is C11H23NO2. The molecule has 0 rings (SSSR count). The lowest BCUT2D eigenvalue weighted by molar-refractivity contribution is -0.145. The molecule has 14 heavy (non-hydrogen) atoms. The molecule has 0 aromatic heterocycles. The predicted octanol–water partition coefficient (Wildman–Crippen LogP) is 1.92. The molecule has 0 aromatic rings. The zero-order chi connectivity index (χ0) is 11.0. The Kier molecular flexibility index (Phi) is 7.48. The molecule has 0 aliphatic heterocycles. The maximum atomic E-state index is 11.2. The van der Waals surface area contributed by atoms with E-state index in [-0.39, 0.29) is 5.97 Å².